The highest BCUT2D eigenvalue weighted by molar-refractivity contribution is 6.32. The van der Waals surface area contributed by atoms with Gasteiger partial charge in [0.2, 0.25) is 0 Å². The van der Waals surface area contributed by atoms with Crippen molar-refractivity contribution in [2.24, 2.45) is 0 Å². The van der Waals surface area contributed by atoms with Crippen LogP contribution in [0.15, 0.2) is 47.3 Å². The average molecular weight is 365 g/mol. The molecule has 0 saturated heterocycles. The third-order valence-corrected chi connectivity index (χ3v) is 4.11. The Morgan fingerprint density at radius 1 is 1.24 bits per heavy atom. The first-order valence-electron chi connectivity index (χ1n) is 7.64. The molecule has 5 heteroatoms. The van der Waals surface area contributed by atoms with Gasteiger partial charge in [-0.05, 0) is 62.1 Å². The molecule has 0 fully saturated rings. The van der Waals surface area contributed by atoms with Gasteiger partial charge in [-0.25, -0.2) is 9.18 Å². The summed E-state index contributed by atoms with van der Waals surface area (Å²) in [5.41, 5.74) is 3.75. The maximum atomic E-state index is 13.8. The Morgan fingerprint density at radius 2 is 1.88 bits per heavy atom. The van der Waals surface area contributed by atoms with E-state index in [0.29, 0.717) is 5.02 Å². The summed E-state index contributed by atoms with van der Waals surface area (Å²) in [4.78, 5) is 10.5. The lowest BCUT2D eigenvalue weighted by Gasteiger charge is -2.12. The number of allylic oxidation sites excluding steroid dienone is 6. The van der Waals surface area contributed by atoms with Crippen molar-refractivity contribution < 1.29 is 19.0 Å². The second-order valence-corrected chi connectivity index (χ2v) is 6.06. The topological polar surface area (TPSA) is 46.5 Å². The van der Waals surface area contributed by atoms with Crippen LogP contribution in [0.5, 0.6) is 5.75 Å². The number of carbonyl (C=O) groups is 1. The van der Waals surface area contributed by atoms with Gasteiger partial charge in [0.1, 0.15) is 11.6 Å². The van der Waals surface area contributed by atoms with Gasteiger partial charge in [-0.15, -0.1) is 0 Å². The minimum Gasteiger partial charge on any atom is -0.496 e. The third-order valence-electron chi connectivity index (χ3n) is 3.79. The number of methoxy groups -OCH3 is 1. The second kappa shape index (κ2) is 9.23. The van der Waals surface area contributed by atoms with E-state index in [2.05, 4.69) is 0 Å². The van der Waals surface area contributed by atoms with Gasteiger partial charge in [0.05, 0.1) is 12.1 Å². The van der Waals surface area contributed by atoms with Gasteiger partial charge < -0.3 is 9.84 Å². The van der Waals surface area contributed by atoms with Gasteiger partial charge in [0.15, 0.2) is 0 Å². The largest absolute Gasteiger partial charge is 0.496 e. The minimum absolute atomic E-state index is 0.0604. The fraction of sp³-hybridized carbons (Fsp3) is 0.250. The maximum Gasteiger partial charge on any atom is 0.328 e. The highest BCUT2D eigenvalue weighted by Gasteiger charge is 2.09. The quantitative estimate of drug-likeness (QED) is 0.511. The summed E-state index contributed by atoms with van der Waals surface area (Å²) in [6, 6.07) is 1.77. The maximum absolute atomic E-state index is 13.8. The van der Waals surface area contributed by atoms with Crippen molar-refractivity contribution in [2.45, 2.75) is 27.7 Å². The van der Waals surface area contributed by atoms with Crippen LogP contribution in [0.1, 0.15) is 30.5 Å². The summed E-state index contributed by atoms with van der Waals surface area (Å²) in [5.74, 6) is -1.04. The van der Waals surface area contributed by atoms with E-state index >= 15 is 0 Å². The second-order valence-electron chi connectivity index (χ2n) is 5.65. The Balaban J connectivity index is 3.06. The first-order chi connectivity index (χ1) is 11.7. The van der Waals surface area contributed by atoms with Gasteiger partial charge in [-0.3, -0.25) is 0 Å². The number of hydrogen-bond donors (Lipinski definition) is 1. The zero-order valence-corrected chi connectivity index (χ0v) is 15.7. The molecular formula is C20H22ClFO3. The number of rotatable bonds is 6. The van der Waals surface area contributed by atoms with Crippen LogP contribution < -0.4 is 4.74 Å². The molecule has 1 aromatic carbocycles. The molecule has 1 N–H and O–H groups in total. The Kier molecular flexibility index (Phi) is 7.65. The number of carboxylic acid groups (broad SMARTS) is 1. The molecular weight excluding hydrogens is 343 g/mol. The third kappa shape index (κ3) is 5.91. The number of halogens is 2. The lowest BCUT2D eigenvalue weighted by atomic mass is 10.0. The Labute approximate surface area is 152 Å². The first-order valence-corrected chi connectivity index (χ1v) is 8.02. The predicted molar refractivity (Wildman–Crippen MR) is 101 cm³/mol. The molecule has 0 amide bonds. The summed E-state index contributed by atoms with van der Waals surface area (Å²) in [6.07, 6.45) is 7.32. The Bertz CT molecular complexity index is 787. The van der Waals surface area contributed by atoms with Gasteiger partial charge in [-0.1, -0.05) is 35.4 Å². The van der Waals surface area contributed by atoms with E-state index in [4.69, 9.17) is 21.4 Å². The molecule has 0 heterocycles. The molecule has 0 saturated carbocycles. The first kappa shape index (κ1) is 20.7. The average Bonchev–Trinajstić information content (AvgIpc) is 2.54. The van der Waals surface area contributed by atoms with Gasteiger partial charge in [0, 0.05) is 6.08 Å². The van der Waals surface area contributed by atoms with Gasteiger partial charge in [-0.2, -0.15) is 0 Å². The molecule has 25 heavy (non-hydrogen) atoms. The number of benzene rings is 1. The molecule has 0 unspecified atom stereocenters. The summed E-state index contributed by atoms with van der Waals surface area (Å²) >= 11 is 6.30. The molecule has 0 atom stereocenters. The summed E-state index contributed by atoms with van der Waals surface area (Å²) in [7, 11) is 1.60. The summed E-state index contributed by atoms with van der Waals surface area (Å²) in [5, 5.41) is 9.19. The molecule has 0 radical (unpaired) electrons. The van der Waals surface area contributed by atoms with Crippen molar-refractivity contribution in [3.8, 4) is 5.75 Å². The van der Waals surface area contributed by atoms with E-state index in [1.807, 2.05) is 32.9 Å². The molecule has 0 bridgehead atoms. The van der Waals surface area contributed by atoms with Crippen LogP contribution >= 0.6 is 11.6 Å². The fourth-order valence-electron chi connectivity index (χ4n) is 2.14. The monoisotopic (exact) mass is 364 g/mol. The van der Waals surface area contributed by atoms with E-state index in [0.717, 1.165) is 34.1 Å². The molecule has 0 aliphatic rings. The lowest BCUT2D eigenvalue weighted by Crippen LogP contribution is -1.94. The molecule has 134 valence electrons. The van der Waals surface area contributed by atoms with Crippen LogP contribution in [0.3, 0.4) is 0 Å². The van der Waals surface area contributed by atoms with Crippen molar-refractivity contribution in [1.29, 1.82) is 0 Å². The van der Waals surface area contributed by atoms with Crippen LogP contribution in [0.2, 0.25) is 5.02 Å². The number of carboxylic acids is 1. The summed E-state index contributed by atoms with van der Waals surface area (Å²) < 4.78 is 19.1. The summed E-state index contributed by atoms with van der Waals surface area (Å²) in [6.45, 7) is 7.14. The normalized spacial score (nSPS) is 13.5. The molecule has 0 aliphatic heterocycles. The molecule has 0 aromatic heterocycles. The molecule has 1 rings (SSSR count). The van der Waals surface area contributed by atoms with Crippen LogP contribution in [0, 0.1) is 13.8 Å². The number of aliphatic carboxylic acids is 1. The lowest BCUT2D eigenvalue weighted by molar-refractivity contribution is -0.131. The number of hydrogen-bond acceptors (Lipinski definition) is 2. The molecule has 0 aliphatic carbocycles. The SMILES string of the molecule is COc1cc(Cl)c(/C=C/C(C)=C/C=C(F)/C(C)=C/C(=O)O)c(C)c1C. The van der Waals surface area contributed by atoms with Gasteiger partial charge >= 0.3 is 5.97 Å². The molecule has 0 spiro atoms. The fourth-order valence-corrected chi connectivity index (χ4v) is 2.45. The van der Waals surface area contributed by atoms with Crippen LogP contribution in [0.25, 0.3) is 6.08 Å². The Hall–Kier alpha value is -2.33. The highest BCUT2D eigenvalue weighted by Crippen LogP contribution is 2.32. The van der Waals surface area contributed by atoms with Gasteiger partial charge in [0.25, 0.3) is 0 Å². The molecule has 3 nitrogen and oxygen atoms in total. The Morgan fingerprint density at radius 3 is 2.44 bits per heavy atom. The van der Waals surface area contributed by atoms with Crippen molar-refractivity contribution in [1.82, 2.24) is 0 Å². The predicted octanol–water partition coefficient (Wildman–Crippen LogP) is 5.81. The minimum atomic E-state index is -1.18. The highest BCUT2D eigenvalue weighted by atomic mass is 35.5. The van der Waals surface area contributed by atoms with Crippen LogP contribution in [0.4, 0.5) is 4.39 Å². The van der Waals surface area contributed by atoms with Crippen molar-refractivity contribution >= 4 is 23.6 Å². The van der Waals surface area contributed by atoms with Crippen LogP contribution in [-0.4, -0.2) is 18.2 Å². The van der Waals surface area contributed by atoms with Crippen molar-refractivity contribution in [3.05, 3.63) is 69.1 Å². The smallest absolute Gasteiger partial charge is 0.328 e. The van der Waals surface area contributed by atoms with E-state index in [-0.39, 0.29) is 5.57 Å². The molecule has 1 aromatic rings. The van der Waals surface area contributed by atoms with Crippen molar-refractivity contribution in [2.75, 3.05) is 7.11 Å². The van der Waals surface area contributed by atoms with E-state index in [9.17, 15) is 9.18 Å². The van der Waals surface area contributed by atoms with Crippen LogP contribution in [-0.2, 0) is 4.79 Å². The van der Waals surface area contributed by atoms with E-state index < -0.39 is 11.8 Å². The standard InChI is InChI=1S/C20H22ClFO3/c1-12(7-9-18(22)13(2)10-20(23)24)6-8-16-14(3)15(4)19(25-5)11-17(16)21/h6-11H,1-5H3,(H,23,24)/b8-6+,12-7+,13-10+,18-9-. The van der Waals surface area contributed by atoms with E-state index in [1.54, 1.807) is 19.3 Å². The van der Waals surface area contributed by atoms with E-state index in [1.165, 1.54) is 13.0 Å². The number of ether oxygens (including phenoxy) is 1. The zero-order chi connectivity index (χ0) is 19.1. The zero-order valence-electron chi connectivity index (χ0n) is 15.0. The van der Waals surface area contributed by atoms with Crippen molar-refractivity contribution in [3.63, 3.8) is 0 Å².